The number of aliphatic hydroxyl groups excluding tert-OH is 1. The highest BCUT2D eigenvalue weighted by atomic mass is 16.6. The van der Waals surface area contributed by atoms with Crippen molar-refractivity contribution in [2.24, 2.45) is 17.8 Å². The number of nitrogens with zero attached hydrogens (tertiary/aromatic N) is 1. The molecule has 1 unspecified atom stereocenters. The number of allylic oxidation sites excluding steroid dienone is 3. The molecule has 2 N–H and O–H groups in total. The first kappa shape index (κ1) is 34.3. The molecule has 2 amide bonds. The van der Waals surface area contributed by atoms with Crippen LogP contribution < -0.4 is 5.32 Å². The van der Waals surface area contributed by atoms with Crippen LogP contribution in [0.25, 0.3) is 0 Å². The highest BCUT2D eigenvalue weighted by Crippen LogP contribution is 2.40. The van der Waals surface area contributed by atoms with E-state index in [9.17, 15) is 19.5 Å². The van der Waals surface area contributed by atoms with Gasteiger partial charge in [-0.2, -0.15) is 0 Å². The first-order valence-corrected chi connectivity index (χ1v) is 16.4. The van der Waals surface area contributed by atoms with Crippen molar-refractivity contribution in [3.63, 3.8) is 0 Å². The predicted molar refractivity (Wildman–Crippen MR) is 166 cm³/mol. The fraction of sp³-hybridized carbons (Fsp3) is 0.735. The number of hydrogen-bond donors (Lipinski definition) is 2. The summed E-state index contributed by atoms with van der Waals surface area (Å²) in [6.45, 7) is 12.6. The summed E-state index contributed by atoms with van der Waals surface area (Å²) in [6.07, 6.45) is 11.5. The summed E-state index contributed by atoms with van der Waals surface area (Å²) in [6, 6.07) is 0. The quantitative estimate of drug-likeness (QED) is 0.191. The Bertz CT molecular complexity index is 1100. The number of hydrogen-bond acceptors (Lipinski definition) is 8. The average Bonchev–Trinajstić information content (AvgIpc) is 3.59. The Morgan fingerprint density at radius 2 is 2.00 bits per heavy atom. The molecule has 1 spiro atoms. The fourth-order valence-corrected chi connectivity index (χ4v) is 6.35. The molecule has 246 valence electrons. The number of likely N-dealkylation sites (tertiary alicyclic amines) is 1. The van der Waals surface area contributed by atoms with Gasteiger partial charge in [-0.15, -0.1) is 0 Å². The SMILES string of the molecule is CCCNC(=O)[C@@H]1CCN(C(=O)O[C@@H](C)/C=C\C(=O)C[C@@H]2C[C@H](C)[C@H](C/C=C(C)/C=C/C3OCC[C@@]4(CO4)[C@@H]3O)O[C@@H]2C)C1. The van der Waals surface area contributed by atoms with E-state index in [0.717, 1.165) is 31.3 Å². The monoisotopic (exact) mass is 616 g/mol. The number of ketones is 1. The zero-order valence-corrected chi connectivity index (χ0v) is 27.0. The lowest BCUT2D eigenvalue weighted by Crippen LogP contribution is -2.46. The molecule has 0 aromatic heterocycles. The molecule has 0 aromatic rings. The van der Waals surface area contributed by atoms with Gasteiger partial charge < -0.3 is 34.3 Å². The first-order valence-electron chi connectivity index (χ1n) is 16.4. The molecule has 4 aliphatic heterocycles. The number of aliphatic hydroxyl groups is 1. The number of ether oxygens (including phenoxy) is 4. The molecule has 0 aliphatic carbocycles. The van der Waals surface area contributed by atoms with Gasteiger partial charge >= 0.3 is 6.09 Å². The zero-order chi connectivity index (χ0) is 31.9. The third-order valence-electron chi connectivity index (χ3n) is 9.45. The average molecular weight is 617 g/mol. The van der Waals surface area contributed by atoms with Crippen molar-refractivity contribution >= 4 is 17.8 Å². The molecule has 10 nitrogen and oxygen atoms in total. The summed E-state index contributed by atoms with van der Waals surface area (Å²) in [4.78, 5) is 39.1. The van der Waals surface area contributed by atoms with Gasteiger partial charge in [-0.25, -0.2) is 4.79 Å². The Morgan fingerprint density at radius 1 is 1.23 bits per heavy atom. The van der Waals surface area contributed by atoms with E-state index in [0.29, 0.717) is 51.6 Å². The number of epoxide rings is 1. The van der Waals surface area contributed by atoms with Gasteiger partial charge in [0.15, 0.2) is 5.78 Å². The molecule has 44 heavy (non-hydrogen) atoms. The van der Waals surface area contributed by atoms with Crippen molar-refractivity contribution in [3.8, 4) is 0 Å². The van der Waals surface area contributed by atoms with Crippen molar-refractivity contribution in [2.45, 2.75) is 109 Å². The number of carbonyl (C=O) groups excluding carboxylic acids is 3. The van der Waals surface area contributed by atoms with E-state index >= 15 is 0 Å². The van der Waals surface area contributed by atoms with Crippen LogP contribution in [-0.4, -0.2) is 96.8 Å². The number of rotatable bonds is 12. The maximum atomic E-state index is 12.8. The summed E-state index contributed by atoms with van der Waals surface area (Å²) in [5.74, 6) is 0.171. The second kappa shape index (κ2) is 15.7. The van der Waals surface area contributed by atoms with Gasteiger partial charge in [0.05, 0.1) is 31.3 Å². The molecular weight excluding hydrogens is 564 g/mol. The summed E-state index contributed by atoms with van der Waals surface area (Å²) in [5, 5.41) is 13.4. The van der Waals surface area contributed by atoms with Crippen LogP contribution in [0.1, 0.15) is 73.1 Å². The predicted octanol–water partition coefficient (Wildman–Crippen LogP) is 4.12. The van der Waals surface area contributed by atoms with E-state index in [1.165, 1.54) is 6.08 Å². The smallest absolute Gasteiger partial charge is 0.410 e. The highest BCUT2D eigenvalue weighted by molar-refractivity contribution is 5.90. The normalized spacial score (nSPS) is 34.9. The number of carbonyl (C=O) groups is 3. The molecule has 0 radical (unpaired) electrons. The Labute approximate surface area is 262 Å². The summed E-state index contributed by atoms with van der Waals surface area (Å²) in [5.41, 5.74) is 0.678. The standard InChI is InChI=1S/C34H52N2O8/c1-6-15-35-32(39)26-13-16-36(20-26)33(40)43-24(4)9-10-28(37)19-27-18-23(3)29(44-25(27)5)11-7-22(2)8-12-30-31(38)34(21-42-34)14-17-41-30/h7-10,12,23-27,29-31,38H,6,11,13-21H2,1-5H3,(H,35,39)/b10-9-,12-8+,22-7+/t23-,24-,25+,26+,27-,29-,30?,31+,34+/m0/s1. The number of nitrogens with one attached hydrogen (secondary N) is 1. The lowest BCUT2D eigenvalue weighted by Gasteiger charge is -2.38. The Morgan fingerprint density at radius 3 is 2.73 bits per heavy atom. The molecule has 4 fully saturated rings. The summed E-state index contributed by atoms with van der Waals surface area (Å²) >= 11 is 0. The molecule has 4 saturated heterocycles. The van der Waals surface area contributed by atoms with E-state index in [1.807, 2.05) is 32.9 Å². The van der Waals surface area contributed by atoms with Crippen molar-refractivity contribution in [2.75, 3.05) is 32.8 Å². The lowest BCUT2D eigenvalue weighted by atomic mass is 9.81. The topological polar surface area (TPSA) is 127 Å². The van der Waals surface area contributed by atoms with E-state index in [2.05, 4.69) is 18.3 Å². The first-order chi connectivity index (χ1) is 21.0. The maximum Gasteiger partial charge on any atom is 0.410 e. The van der Waals surface area contributed by atoms with Crippen LogP contribution in [0.3, 0.4) is 0 Å². The van der Waals surface area contributed by atoms with Crippen molar-refractivity contribution in [1.82, 2.24) is 10.2 Å². The van der Waals surface area contributed by atoms with Gasteiger partial charge in [0.25, 0.3) is 0 Å². The van der Waals surface area contributed by atoms with Gasteiger partial charge in [0.2, 0.25) is 5.91 Å². The summed E-state index contributed by atoms with van der Waals surface area (Å²) < 4.78 is 23.1. The third kappa shape index (κ3) is 9.25. The zero-order valence-electron chi connectivity index (χ0n) is 27.0. The second-order valence-corrected chi connectivity index (χ2v) is 13.1. The van der Waals surface area contributed by atoms with E-state index in [-0.39, 0.29) is 41.8 Å². The van der Waals surface area contributed by atoms with E-state index in [4.69, 9.17) is 18.9 Å². The Balaban J connectivity index is 1.16. The van der Waals surface area contributed by atoms with Crippen molar-refractivity contribution in [3.05, 3.63) is 36.0 Å². The van der Waals surface area contributed by atoms with Gasteiger partial charge in [0, 0.05) is 32.5 Å². The van der Waals surface area contributed by atoms with Crippen LogP contribution >= 0.6 is 0 Å². The van der Waals surface area contributed by atoms with Crippen LogP contribution in [0.5, 0.6) is 0 Å². The van der Waals surface area contributed by atoms with Crippen LogP contribution in [0.4, 0.5) is 4.79 Å². The van der Waals surface area contributed by atoms with Gasteiger partial charge in [-0.1, -0.05) is 37.6 Å². The second-order valence-electron chi connectivity index (χ2n) is 13.1. The Hall–Kier alpha value is -2.53. The van der Waals surface area contributed by atoms with Crippen LogP contribution in [0.2, 0.25) is 0 Å². The van der Waals surface area contributed by atoms with Crippen LogP contribution in [0.15, 0.2) is 36.0 Å². The van der Waals surface area contributed by atoms with Gasteiger partial charge in [-0.05, 0) is 70.4 Å². The summed E-state index contributed by atoms with van der Waals surface area (Å²) in [7, 11) is 0. The van der Waals surface area contributed by atoms with Crippen molar-refractivity contribution < 1.29 is 38.4 Å². The third-order valence-corrected chi connectivity index (χ3v) is 9.45. The minimum Gasteiger partial charge on any atom is -0.442 e. The number of amides is 2. The molecule has 4 heterocycles. The molecule has 9 atom stereocenters. The van der Waals surface area contributed by atoms with E-state index < -0.39 is 23.9 Å². The van der Waals surface area contributed by atoms with Gasteiger partial charge in [0.1, 0.15) is 23.9 Å². The molecule has 0 saturated carbocycles. The molecule has 10 heteroatoms. The van der Waals surface area contributed by atoms with Crippen molar-refractivity contribution in [1.29, 1.82) is 0 Å². The van der Waals surface area contributed by atoms with Crippen LogP contribution in [0, 0.1) is 17.8 Å². The Kier molecular flexibility index (Phi) is 12.2. The molecular formula is C34H52N2O8. The molecule has 4 aliphatic rings. The van der Waals surface area contributed by atoms with E-state index in [1.54, 1.807) is 17.9 Å². The lowest BCUT2D eigenvalue weighted by molar-refractivity contribution is -0.125. The van der Waals surface area contributed by atoms with Gasteiger partial charge in [-0.3, -0.25) is 9.59 Å². The minimum atomic E-state index is -0.635. The highest BCUT2D eigenvalue weighted by Gasteiger charge is 2.55. The van der Waals surface area contributed by atoms with Crippen LogP contribution in [-0.2, 0) is 28.5 Å². The molecule has 0 bridgehead atoms. The fourth-order valence-electron chi connectivity index (χ4n) is 6.35. The minimum absolute atomic E-state index is 0.0146. The maximum absolute atomic E-state index is 12.8. The molecule has 0 aromatic carbocycles. The molecule has 4 rings (SSSR count). The largest absolute Gasteiger partial charge is 0.442 e.